The molecule has 0 amide bonds. The normalized spacial score (nSPS) is 12.0. The van der Waals surface area contributed by atoms with Crippen LogP contribution < -0.4 is 0 Å². The molecular weight excluding hydrogens is 246 g/mol. The molecule has 3 heterocycles. The van der Waals surface area contributed by atoms with Crippen LogP contribution in [0.5, 0.6) is 0 Å². The molecule has 3 aromatic heterocycles. The van der Waals surface area contributed by atoms with Gasteiger partial charge in [0.1, 0.15) is 0 Å². The molecule has 0 atom stereocenters. The maximum absolute atomic E-state index is 4.48. The van der Waals surface area contributed by atoms with E-state index in [2.05, 4.69) is 57.4 Å². The van der Waals surface area contributed by atoms with E-state index in [1.54, 1.807) is 0 Å². The third-order valence-corrected chi connectivity index (χ3v) is 3.98. The molecule has 2 aromatic carbocycles. The van der Waals surface area contributed by atoms with E-state index in [1.807, 2.05) is 12.3 Å². The van der Waals surface area contributed by atoms with Gasteiger partial charge in [0.25, 0.3) is 0 Å². The minimum Gasteiger partial charge on any atom is -0.354 e. The third kappa shape index (κ3) is 1.17. The van der Waals surface area contributed by atoms with Crippen LogP contribution in [-0.2, 0) is 0 Å². The van der Waals surface area contributed by atoms with Crippen molar-refractivity contribution in [2.75, 3.05) is 0 Å². The zero-order valence-electron chi connectivity index (χ0n) is 10.6. The predicted octanol–water partition coefficient (Wildman–Crippen LogP) is 4.35. The molecule has 0 aliphatic heterocycles. The molecular formula is C17H11N3. The summed E-state index contributed by atoms with van der Waals surface area (Å²) in [5.41, 5.74) is 5.58. The minimum absolute atomic E-state index is 1.03. The van der Waals surface area contributed by atoms with Crippen molar-refractivity contribution in [1.29, 1.82) is 0 Å². The summed E-state index contributed by atoms with van der Waals surface area (Å²) in [6.07, 6.45) is 1.84. The summed E-state index contributed by atoms with van der Waals surface area (Å²) < 4.78 is 0. The molecule has 0 aliphatic carbocycles. The first kappa shape index (κ1) is 10.0. The summed E-state index contributed by atoms with van der Waals surface area (Å²) in [4.78, 5) is 11.4. The van der Waals surface area contributed by atoms with Gasteiger partial charge in [-0.1, -0.05) is 18.2 Å². The zero-order chi connectivity index (χ0) is 13.1. The Labute approximate surface area is 114 Å². The number of aromatic amines is 2. The molecule has 0 fully saturated rings. The number of hydrogen-bond donors (Lipinski definition) is 2. The zero-order valence-corrected chi connectivity index (χ0v) is 10.6. The second-order valence-electron chi connectivity index (χ2n) is 5.14. The van der Waals surface area contributed by atoms with Crippen molar-refractivity contribution >= 4 is 43.7 Å². The minimum atomic E-state index is 1.03. The molecule has 0 aliphatic rings. The van der Waals surface area contributed by atoms with Crippen LogP contribution in [0.1, 0.15) is 0 Å². The fraction of sp³-hybridized carbons (Fsp3) is 0. The van der Waals surface area contributed by atoms with E-state index in [0.717, 1.165) is 22.1 Å². The Hall–Kier alpha value is -2.81. The van der Waals surface area contributed by atoms with Crippen LogP contribution in [0.2, 0.25) is 0 Å². The molecule has 0 saturated carbocycles. The second kappa shape index (κ2) is 3.39. The van der Waals surface area contributed by atoms with Crippen molar-refractivity contribution in [3.05, 3.63) is 54.7 Å². The first-order valence-corrected chi connectivity index (χ1v) is 6.67. The lowest BCUT2D eigenvalue weighted by Crippen LogP contribution is -1.72. The number of H-pyrrole nitrogens is 2. The molecule has 20 heavy (non-hydrogen) atoms. The van der Waals surface area contributed by atoms with E-state index < -0.39 is 0 Å². The van der Waals surface area contributed by atoms with Gasteiger partial charge in [0.15, 0.2) is 0 Å². The lowest BCUT2D eigenvalue weighted by molar-refractivity contribution is 1.42. The van der Waals surface area contributed by atoms with Gasteiger partial charge in [-0.3, -0.25) is 4.98 Å². The molecule has 3 nitrogen and oxygen atoms in total. The van der Waals surface area contributed by atoms with E-state index in [9.17, 15) is 0 Å². The number of aromatic nitrogens is 3. The van der Waals surface area contributed by atoms with Gasteiger partial charge < -0.3 is 9.97 Å². The largest absolute Gasteiger partial charge is 0.354 e. The Kier molecular flexibility index (Phi) is 1.70. The number of fused-ring (bicyclic) bond motifs is 6. The summed E-state index contributed by atoms with van der Waals surface area (Å²) >= 11 is 0. The number of para-hydroxylation sites is 1. The van der Waals surface area contributed by atoms with E-state index in [1.165, 1.54) is 21.7 Å². The smallest absolute Gasteiger partial charge is 0.0958 e. The molecule has 0 saturated heterocycles. The van der Waals surface area contributed by atoms with Crippen molar-refractivity contribution < 1.29 is 0 Å². The summed E-state index contributed by atoms with van der Waals surface area (Å²) in [5.74, 6) is 0. The molecule has 2 N–H and O–H groups in total. The molecule has 5 aromatic rings. The number of hydrogen-bond acceptors (Lipinski definition) is 1. The fourth-order valence-corrected chi connectivity index (χ4v) is 3.06. The van der Waals surface area contributed by atoms with Crippen molar-refractivity contribution in [2.45, 2.75) is 0 Å². The summed E-state index contributed by atoms with van der Waals surface area (Å²) in [5, 5.41) is 3.68. The Bertz CT molecular complexity index is 1010. The molecule has 0 unspecified atom stereocenters. The van der Waals surface area contributed by atoms with Gasteiger partial charge in [-0.05, 0) is 30.3 Å². The lowest BCUT2D eigenvalue weighted by atomic mass is 10.1. The van der Waals surface area contributed by atoms with Gasteiger partial charge in [0.05, 0.1) is 11.0 Å². The van der Waals surface area contributed by atoms with Crippen LogP contribution in [0.3, 0.4) is 0 Å². The van der Waals surface area contributed by atoms with E-state index >= 15 is 0 Å². The van der Waals surface area contributed by atoms with Crippen LogP contribution >= 0.6 is 0 Å². The topological polar surface area (TPSA) is 44.5 Å². The molecule has 0 radical (unpaired) electrons. The number of rotatable bonds is 0. The average Bonchev–Trinajstić information content (AvgIpc) is 3.02. The predicted molar refractivity (Wildman–Crippen MR) is 83.0 cm³/mol. The van der Waals surface area contributed by atoms with E-state index in [-0.39, 0.29) is 0 Å². The Balaban J connectivity index is 2.05. The number of nitrogens with one attached hydrogen (secondary N) is 2. The van der Waals surface area contributed by atoms with Gasteiger partial charge in [-0.25, -0.2) is 0 Å². The highest BCUT2D eigenvalue weighted by Crippen LogP contribution is 2.31. The molecule has 0 bridgehead atoms. The lowest BCUT2D eigenvalue weighted by Gasteiger charge is -1.93. The number of benzene rings is 2. The van der Waals surface area contributed by atoms with Gasteiger partial charge in [0, 0.05) is 38.9 Å². The Morgan fingerprint density at radius 2 is 1.40 bits per heavy atom. The quantitative estimate of drug-likeness (QED) is 0.425. The van der Waals surface area contributed by atoms with E-state index in [0.29, 0.717) is 0 Å². The highest BCUT2D eigenvalue weighted by atomic mass is 14.8. The van der Waals surface area contributed by atoms with Gasteiger partial charge in [-0.15, -0.1) is 0 Å². The van der Waals surface area contributed by atoms with Gasteiger partial charge >= 0.3 is 0 Å². The number of pyridine rings is 1. The third-order valence-electron chi connectivity index (χ3n) is 3.98. The summed E-state index contributed by atoms with van der Waals surface area (Å²) in [6, 6.07) is 16.8. The summed E-state index contributed by atoms with van der Waals surface area (Å²) in [6.45, 7) is 0. The van der Waals surface area contributed by atoms with Crippen LogP contribution in [-0.4, -0.2) is 15.0 Å². The average molecular weight is 257 g/mol. The highest BCUT2D eigenvalue weighted by Gasteiger charge is 2.09. The summed E-state index contributed by atoms with van der Waals surface area (Å²) in [7, 11) is 0. The fourth-order valence-electron chi connectivity index (χ4n) is 3.06. The standard InChI is InChI=1S/C17H11N3/c1-2-5-13-10(4-1)11-8-16-12(9-15(11)19-13)17-14(20-16)6-3-7-18-17/h1-9,19-20H. The maximum atomic E-state index is 4.48. The first-order valence-electron chi connectivity index (χ1n) is 6.67. The molecule has 5 rings (SSSR count). The molecule has 94 valence electrons. The van der Waals surface area contributed by atoms with Crippen molar-refractivity contribution in [1.82, 2.24) is 15.0 Å². The SMILES string of the molecule is c1ccc2c(c1)[nH]c1cc3c(cc12)[nH]c1cccnc13. The van der Waals surface area contributed by atoms with Crippen molar-refractivity contribution in [3.8, 4) is 0 Å². The van der Waals surface area contributed by atoms with Crippen molar-refractivity contribution in [2.24, 2.45) is 0 Å². The van der Waals surface area contributed by atoms with Crippen LogP contribution in [0, 0.1) is 0 Å². The van der Waals surface area contributed by atoms with E-state index in [4.69, 9.17) is 0 Å². The maximum Gasteiger partial charge on any atom is 0.0958 e. The first-order chi connectivity index (χ1) is 9.90. The highest BCUT2D eigenvalue weighted by molar-refractivity contribution is 6.16. The van der Waals surface area contributed by atoms with Crippen molar-refractivity contribution in [3.63, 3.8) is 0 Å². The van der Waals surface area contributed by atoms with Crippen LogP contribution in [0.4, 0.5) is 0 Å². The van der Waals surface area contributed by atoms with Gasteiger partial charge in [-0.2, -0.15) is 0 Å². The Morgan fingerprint density at radius 3 is 2.40 bits per heavy atom. The van der Waals surface area contributed by atoms with Crippen LogP contribution in [0.25, 0.3) is 43.7 Å². The van der Waals surface area contributed by atoms with Gasteiger partial charge in [0.2, 0.25) is 0 Å². The second-order valence-corrected chi connectivity index (χ2v) is 5.14. The van der Waals surface area contributed by atoms with Crippen LogP contribution in [0.15, 0.2) is 54.7 Å². The Morgan fingerprint density at radius 1 is 0.650 bits per heavy atom. The number of nitrogens with zero attached hydrogens (tertiary/aromatic N) is 1. The molecule has 3 heteroatoms. The molecule has 0 spiro atoms. The monoisotopic (exact) mass is 257 g/mol.